The third kappa shape index (κ3) is 2.42. The fourth-order valence-electron chi connectivity index (χ4n) is 1.97. The van der Waals surface area contributed by atoms with Gasteiger partial charge in [0, 0.05) is 11.9 Å². The van der Waals surface area contributed by atoms with E-state index in [9.17, 15) is 4.79 Å². The van der Waals surface area contributed by atoms with Crippen LogP contribution >= 0.6 is 0 Å². The van der Waals surface area contributed by atoms with Crippen LogP contribution < -0.4 is 5.32 Å². The number of amides is 1. The number of benzene rings is 1. The van der Waals surface area contributed by atoms with Crippen molar-refractivity contribution in [2.24, 2.45) is 0 Å². The number of nitrogens with one attached hydrogen (secondary N) is 1. The summed E-state index contributed by atoms with van der Waals surface area (Å²) in [6, 6.07) is 4.03. The Morgan fingerprint density at radius 2 is 2.28 bits per heavy atom. The molecule has 94 valence electrons. The molecule has 2 aromatic rings. The highest BCUT2D eigenvalue weighted by molar-refractivity contribution is 5.88. The van der Waals surface area contributed by atoms with Crippen molar-refractivity contribution in [2.45, 2.75) is 20.3 Å². The smallest absolute Gasteiger partial charge is 0.226 e. The van der Waals surface area contributed by atoms with E-state index in [4.69, 9.17) is 4.52 Å². The fourth-order valence-corrected chi connectivity index (χ4v) is 1.97. The third-order valence-electron chi connectivity index (χ3n) is 2.75. The zero-order valence-electron chi connectivity index (χ0n) is 10.6. The number of carbonyl (C=O) groups excluding carboxylic acids is 1. The zero-order valence-corrected chi connectivity index (χ0v) is 10.6. The molecule has 1 amide bonds. The van der Waals surface area contributed by atoms with E-state index in [2.05, 4.69) is 17.1 Å². The molecule has 0 aliphatic rings. The molecule has 0 bridgehead atoms. The summed E-state index contributed by atoms with van der Waals surface area (Å²) in [5, 5.41) is 7.63. The van der Waals surface area contributed by atoms with Crippen molar-refractivity contribution < 1.29 is 9.32 Å². The van der Waals surface area contributed by atoms with Gasteiger partial charge >= 0.3 is 0 Å². The Hall–Kier alpha value is -2.10. The lowest BCUT2D eigenvalue weighted by molar-refractivity contribution is -0.120. The molecule has 1 aromatic carbocycles. The molecular formula is C14H16N2O2. The first-order valence-electron chi connectivity index (χ1n) is 5.85. The van der Waals surface area contributed by atoms with Crippen LogP contribution in [0.2, 0.25) is 0 Å². The van der Waals surface area contributed by atoms with E-state index in [-0.39, 0.29) is 12.3 Å². The molecule has 0 aliphatic carbocycles. The number of hydrogen-bond donors (Lipinski definition) is 1. The van der Waals surface area contributed by atoms with Crippen LogP contribution in [0, 0.1) is 13.8 Å². The lowest BCUT2D eigenvalue weighted by Gasteiger charge is -2.00. The predicted octanol–water partition coefficient (Wildman–Crippen LogP) is 2.29. The van der Waals surface area contributed by atoms with E-state index >= 15 is 0 Å². The molecular weight excluding hydrogens is 228 g/mol. The fraction of sp³-hybridized carbons (Fsp3) is 0.286. The van der Waals surface area contributed by atoms with Gasteiger partial charge in [-0.3, -0.25) is 4.79 Å². The summed E-state index contributed by atoms with van der Waals surface area (Å²) in [5.74, 6) is -0.0794. The number of nitrogens with zero attached hydrogens (tertiary/aromatic N) is 1. The van der Waals surface area contributed by atoms with Gasteiger partial charge < -0.3 is 9.84 Å². The van der Waals surface area contributed by atoms with Gasteiger partial charge in [-0.25, -0.2) is 0 Å². The van der Waals surface area contributed by atoms with Crippen LogP contribution in [-0.2, 0) is 11.2 Å². The highest BCUT2D eigenvalue weighted by atomic mass is 16.5. The normalized spacial score (nSPS) is 10.6. The number of aromatic nitrogens is 1. The summed E-state index contributed by atoms with van der Waals surface area (Å²) in [6.07, 6.45) is 1.87. The summed E-state index contributed by atoms with van der Waals surface area (Å²) in [7, 11) is 0. The van der Waals surface area contributed by atoms with Crippen molar-refractivity contribution in [3.63, 3.8) is 0 Å². The maximum absolute atomic E-state index is 11.6. The number of fused-ring (bicyclic) bond motifs is 1. The molecule has 4 nitrogen and oxygen atoms in total. The van der Waals surface area contributed by atoms with Gasteiger partial charge in [-0.05, 0) is 31.0 Å². The summed E-state index contributed by atoms with van der Waals surface area (Å²) in [6.45, 7) is 8.01. The molecule has 1 aromatic heterocycles. The molecule has 1 heterocycles. The van der Waals surface area contributed by atoms with Crippen LogP contribution in [0.25, 0.3) is 11.0 Å². The molecule has 0 saturated heterocycles. The number of aryl methyl sites for hydroxylation is 2. The van der Waals surface area contributed by atoms with Crippen molar-refractivity contribution in [2.75, 3.05) is 6.54 Å². The monoisotopic (exact) mass is 244 g/mol. The van der Waals surface area contributed by atoms with Crippen LogP contribution in [0.5, 0.6) is 0 Å². The SMILES string of the molecule is C=CCNC(=O)Cc1noc2c(C)cc(C)cc12. The summed E-state index contributed by atoms with van der Waals surface area (Å²) in [5.41, 5.74) is 3.61. The Morgan fingerprint density at radius 1 is 1.50 bits per heavy atom. The molecule has 0 saturated carbocycles. The minimum atomic E-state index is -0.0794. The highest BCUT2D eigenvalue weighted by Crippen LogP contribution is 2.23. The Balaban J connectivity index is 2.29. The molecule has 1 N–H and O–H groups in total. The average molecular weight is 244 g/mol. The minimum absolute atomic E-state index is 0.0794. The van der Waals surface area contributed by atoms with Gasteiger partial charge in [0.05, 0.1) is 6.42 Å². The Morgan fingerprint density at radius 3 is 3.00 bits per heavy atom. The molecule has 0 fully saturated rings. The summed E-state index contributed by atoms with van der Waals surface area (Å²) < 4.78 is 5.29. The molecule has 0 spiro atoms. The first-order valence-corrected chi connectivity index (χ1v) is 5.85. The van der Waals surface area contributed by atoms with Crippen molar-refractivity contribution in [3.8, 4) is 0 Å². The Kier molecular flexibility index (Phi) is 3.46. The number of rotatable bonds is 4. The third-order valence-corrected chi connectivity index (χ3v) is 2.75. The molecule has 0 aliphatic heterocycles. The topological polar surface area (TPSA) is 55.1 Å². The van der Waals surface area contributed by atoms with Crippen LogP contribution in [0.3, 0.4) is 0 Å². The van der Waals surface area contributed by atoms with Crippen molar-refractivity contribution in [1.82, 2.24) is 10.5 Å². The quantitative estimate of drug-likeness (QED) is 0.839. The number of hydrogen-bond acceptors (Lipinski definition) is 3. The second kappa shape index (κ2) is 5.04. The van der Waals surface area contributed by atoms with Crippen LogP contribution in [0.1, 0.15) is 16.8 Å². The van der Waals surface area contributed by atoms with Gasteiger partial charge in [0.1, 0.15) is 5.69 Å². The van der Waals surface area contributed by atoms with Gasteiger partial charge in [0.2, 0.25) is 5.91 Å². The van der Waals surface area contributed by atoms with Crippen LogP contribution in [0.4, 0.5) is 0 Å². The largest absolute Gasteiger partial charge is 0.356 e. The molecule has 18 heavy (non-hydrogen) atoms. The molecule has 2 rings (SSSR count). The molecule has 0 atom stereocenters. The van der Waals surface area contributed by atoms with Crippen molar-refractivity contribution in [1.29, 1.82) is 0 Å². The highest BCUT2D eigenvalue weighted by Gasteiger charge is 2.13. The van der Waals surface area contributed by atoms with E-state index in [1.54, 1.807) is 6.08 Å². The lowest BCUT2D eigenvalue weighted by Crippen LogP contribution is -2.25. The molecule has 4 heteroatoms. The van der Waals surface area contributed by atoms with Gasteiger partial charge in [-0.2, -0.15) is 0 Å². The van der Waals surface area contributed by atoms with Crippen LogP contribution in [0.15, 0.2) is 29.3 Å². The van der Waals surface area contributed by atoms with Gasteiger partial charge in [0.25, 0.3) is 0 Å². The lowest BCUT2D eigenvalue weighted by atomic mass is 10.1. The van der Waals surface area contributed by atoms with Crippen molar-refractivity contribution in [3.05, 3.63) is 41.6 Å². The van der Waals surface area contributed by atoms with Gasteiger partial charge in [0.15, 0.2) is 5.58 Å². The van der Waals surface area contributed by atoms with Crippen LogP contribution in [-0.4, -0.2) is 17.6 Å². The molecule has 0 unspecified atom stereocenters. The van der Waals surface area contributed by atoms with E-state index in [1.807, 2.05) is 26.0 Å². The maximum Gasteiger partial charge on any atom is 0.226 e. The minimum Gasteiger partial charge on any atom is -0.356 e. The first kappa shape index (κ1) is 12.4. The predicted molar refractivity (Wildman–Crippen MR) is 70.4 cm³/mol. The van der Waals surface area contributed by atoms with Gasteiger partial charge in [-0.1, -0.05) is 17.3 Å². The zero-order chi connectivity index (χ0) is 13.1. The first-order chi connectivity index (χ1) is 8.61. The number of carbonyl (C=O) groups is 1. The standard InChI is InChI=1S/C14H16N2O2/c1-4-5-15-13(17)8-12-11-7-9(2)6-10(3)14(11)18-16-12/h4,6-7H,1,5,8H2,2-3H3,(H,15,17). The van der Waals surface area contributed by atoms with E-state index in [0.29, 0.717) is 12.2 Å². The Bertz CT molecular complexity index is 599. The summed E-state index contributed by atoms with van der Waals surface area (Å²) >= 11 is 0. The molecule has 0 radical (unpaired) electrons. The summed E-state index contributed by atoms with van der Waals surface area (Å²) in [4.78, 5) is 11.6. The van der Waals surface area contributed by atoms with E-state index < -0.39 is 0 Å². The second-order valence-corrected chi connectivity index (χ2v) is 4.36. The van der Waals surface area contributed by atoms with E-state index in [1.165, 1.54) is 0 Å². The van der Waals surface area contributed by atoms with Gasteiger partial charge in [-0.15, -0.1) is 6.58 Å². The Labute approximate surface area is 106 Å². The van der Waals surface area contributed by atoms with Crippen molar-refractivity contribution >= 4 is 16.9 Å². The average Bonchev–Trinajstić information content (AvgIpc) is 2.70. The second-order valence-electron chi connectivity index (χ2n) is 4.36. The van der Waals surface area contributed by atoms with E-state index in [0.717, 1.165) is 22.1 Å². The maximum atomic E-state index is 11.6.